The van der Waals surface area contributed by atoms with E-state index in [0.717, 1.165) is 11.1 Å². The van der Waals surface area contributed by atoms with Crippen molar-refractivity contribution < 1.29 is 9.53 Å². The van der Waals surface area contributed by atoms with Gasteiger partial charge >= 0.3 is 6.09 Å². The van der Waals surface area contributed by atoms with E-state index in [-0.39, 0.29) is 12.6 Å². The Morgan fingerprint density at radius 3 is 2.19 bits per heavy atom. The summed E-state index contributed by atoms with van der Waals surface area (Å²) in [6.07, 6.45) is 5.53. The van der Waals surface area contributed by atoms with Gasteiger partial charge in [0.05, 0.1) is 6.04 Å². The van der Waals surface area contributed by atoms with Crippen LogP contribution in [0.15, 0.2) is 60.7 Å². The van der Waals surface area contributed by atoms with Gasteiger partial charge in [0.2, 0.25) is 0 Å². The van der Waals surface area contributed by atoms with Crippen molar-refractivity contribution in [2.24, 2.45) is 0 Å². The number of carbonyl (C=O) groups is 1. The summed E-state index contributed by atoms with van der Waals surface area (Å²) in [5, 5.41) is 2.69. The maximum Gasteiger partial charge on any atom is 0.408 e. The van der Waals surface area contributed by atoms with Crippen molar-refractivity contribution in [3.05, 3.63) is 71.8 Å². The third-order valence-electron chi connectivity index (χ3n) is 2.99. The molecule has 1 atom stereocenters. The number of benzene rings is 2. The molecule has 0 saturated heterocycles. The third-order valence-corrected chi connectivity index (χ3v) is 2.99. The lowest BCUT2D eigenvalue weighted by atomic mass is 10.1. The molecule has 0 aliphatic rings. The quantitative estimate of drug-likeness (QED) is 0.854. The molecule has 3 heteroatoms. The lowest BCUT2D eigenvalue weighted by molar-refractivity contribution is 0.138. The summed E-state index contributed by atoms with van der Waals surface area (Å²) >= 11 is 0. The van der Waals surface area contributed by atoms with Crippen molar-refractivity contribution in [1.82, 2.24) is 5.32 Å². The third kappa shape index (κ3) is 5.04. The molecule has 0 bridgehead atoms. The lowest BCUT2D eigenvalue weighted by Gasteiger charge is -2.13. The number of nitrogens with one attached hydrogen (secondary N) is 1. The molecule has 3 nitrogen and oxygen atoms in total. The Balaban J connectivity index is 1.81. The molecule has 0 radical (unpaired) electrons. The number of carbonyl (C=O) groups excluding carboxylic acids is 1. The van der Waals surface area contributed by atoms with Crippen LogP contribution in [0.25, 0.3) is 0 Å². The first-order valence-electron chi connectivity index (χ1n) is 6.75. The Hall–Kier alpha value is -2.73. The standard InChI is InChI=1S/C18H17NO2/c1-2-17(13-15-9-5-3-6-10-15)19-18(20)21-14-16-11-7-4-8-12-16/h1,3-12,17H,13-14H2,(H,19,20). The Kier molecular flexibility index (Phi) is 5.42. The first kappa shape index (κ1) is 14.7. The lowest BCUT2D eigenvalue weighted by Crippen LogP contribution is -2.35. The number of hydrogen-bond donors (Lipinski definition) is 1. The van der Waals surface area contributed by atoms with Crippen LogP contribution in [0.5, 0.6) is 0 Å². The van der Waals surface area contributed by atoms with Gasteiger partial charge in [-0.1, -0.05) is 66.6 Å². The van der Waals surface area contributed by atoms with Gasteiger partial charge in [-0.2, -0.15) is 0 Å². The Labute approximate surface area is 125 Å². The second-order valence-corrected chi connectivity index (χ2v) is 4.62. The van der Waals surface area contributed by atoms with Crippen LogP contribution in [-0.4, -0.2) is 12.1 Å². The largest absolute Gasteiger partial charge is 0.445 e. The van der Waals surface area contributed by atoms with E-state index >= 15 is 0 Å². The van der Waals surface area contributed by atoms with Crippen molar-refractivity contribution in [2.75, 3.05) is 0 Å². The van der Waals surface area contributed by atoms with E-state index in [1.165, 1.54) is 0 Å². The molecular formula is C18H17NO2. The molecule has 106 valence electrons. The molecule has 21 heavy (non-hydrogen) atoms. The Bertz CT molecular complexity index is 602. The van der Waals surface area contributed by atoms with Gasteiger partial charge in [0.25, 0.3) is 0 Å². The monoisotopic (exact) mass is 279 g/mol. The van der Waals surface area contributed by atoms with Crippen LogP contribution in [0, 0.1) is 12.3 Å². The highest BCUT2D eigenvalue weighted by Crippen LogP contribution is 2.04. The fraction of sp³-hybridized carbons (Fsp3) is 0.167. The van der Waals surface area contributed by atoms with Crippen LogP contribution in [0.4, 0.5) is 4.79 Å². The van der Waals surface area contributed by atoms with E-state index in [9.17, 15) is 4.79 Å². The van der Waals surface area contributed by atoms with E-state index in [2.05, 4.69) is 11.2 Å². The van der Waals surface area contributed by atoms with Gasteiger partial charge in [-0.15, -0.1) is 6.42 Å². The van der Waals surface area contributed by atoms with Gasteiger partial charge in [0, 0.05) is 6.42 Å². The minimum Gasteiger partial charge on any atom is -0.445 e. The molecule has 0 aliphatic carbocycles. The van der Waals surface area contributed by atoms with E-state index < -0.39 is 6.09 Å². The highest BCUT2D eigenvalue weighted by molar-refractivity contribution is 5.68. The predicted octanol–water partition coefficient (Wildman–Crippen LogP) is 3.16. The minimum atomic E-state index is -0.502. The average molecular weight is 279 g/mol. The molecule has 1 amide bonds. The van der Waals surface area contributed by atoms with Gasteiger partial charge in [-0.05, 0) is 11.1 Å². The highest BCUT2D eigenvalue weighted by atomic mass is 16.5. The summed E-state index contributed by atoms with van der Waals surface area (Å²) in [4.78, 5) is 11.7. The second-order valence-electron chi connectivity index (χ2n) is 4.62. The van der Waals surface area contributed by atoms with E-state index in [1.807, 2.05) is 60.7 Å². The number of amides is 1. The minimum absolute atomic E-state index is 0.231. The van der Waals surface area contributed by atoms with Crippen molar-refractivity contribution in [1.29, 1.82) is 0 Å². The summed E-state index contributed by atoms with van der Waals surface area (Å²) in [7, 11) is 0. The molecular weight excluding hydrogens is 262 g/mol. The summed E-state index contributed by atoms with van der Waals surface area (Å²) < 4.78 is 5.15. The zero-order valence-corrected chi connectivity index (χ0v) is 11.7. The first-order valence-corrected chi connectivity index (χ1v) is 6.75. The summed E-state index contributed by atoms with van der Waals surface area (Å²) in [6.45, 7) is 0.231. The molecule has 0 saturated carbocycles. The summed E-state index contributed by atoms with van der Waals surface area (Å²) in [5.41, 5.74) is 2.01. The molecule has 1 unspecified atom stereocenters. The van der Waals surface area contributed by atoms with Crippen molar-refractivity contribution >= 4 is 6.09 Å². The molecule has 1 N–H and O–H groups in total. The molecule has 2 aromatic rings. The fourth-order valence-corrected chi connectivity index (χ4v) is 1.91. The predicted molar refractivity (Wildman–Crippen MR) is 82.5 cm³/mol. The van der Waals surface area contributed by atoms with E-state index in [1.54, 1.807) is 0 Å². The van der Waals surface area contributed by atoms with Crippen LogP contribution >= 0.6 is 0 Å². The zero-order chi connectivity index (χ0) is 14.9. The molecule has 0 fully saturated rings. The normalized spacial score (nSPS) is 11.2. The summed E-state index contributed by atoms with van der Waals surface area (Å²) in [5.74, 6) is 2.57. The van der Waals surface area contributed by atoms with Gasteiger partial charge < -0.3 is 10.1 Å². The molecule has 0 aliphatic heterocycles. The smallest absolute Gasteiger partial charge is 0.408 e. The maximum absolute atomic E-state index is 11.7. The van der Waals surface area contributed by atoms with Gasteiger partial charge in [0.1, 0.15) is 6.61 Å². The summed E-state index contributed by atoms with van der Waals surface area (Å²) in [6, 6.07) is 18.9. The maximum atomic E-state index is 11.7. The van der Waals surface area contributed by atoms with Gasteiger partial charge in [-0.3, -0.25) is 0 Å². The number of alkyl carbamates (subject to hydrolysis) is 1. The fourth-order valence-electron chi connectivity index (χ4n) is 1.91. The van der Waals surface area contributed by atoms with Crippen LogP contribution in [-0.2, 0) is 17.8 Å². The van der Waals surface area contributed by atoms with Crippen LogP contribution in [0.1, 0.15) is 11.1 Å². The molecule has 2 rings (SSSR count). The zero-order valence-electron chi connectivity index (χ0n) is 11.7. The highest BCUT2D eigenvalue weighted by Gasteiger charge is 2.11. The number of rotatable bonds is 5. The molecule has 0 spiro atoms. The molecule has 0 heterocycles. The number of ether oxygens (including phenoxy) is 1. The van der Waals surface area contributed by atoms with E-state index in [4.69, 9.17) is 11.2 Å². The van der Waals surface area contributed by atoms with Crippen LogP contribution < -0.4 is 5.32 Å². The average Bonchev–Trinajstić information content (AvgIpc) is 2.54. The van der Waals surface area contributed by atoms with Crippen molar-refractivity contribution in [2.45, 2.75) is 19.1 Å². The molecule has 0 aromatic heterocycles. The Morgan fingerprint density at radius 1 is 1.05 bits per heavy atom. The number of terminal acetylenes is 1. The van der Waals surface area contributed by atoms with Gasteiger partial charge in [0.15, 0.2) is 0 Å². The van der Waals surface area contributed by atoms with Crippen LogP contribution in [0.3, 0.4) is 0 Å². The first-order chi connectivity index (χ1) is 10.3. The number of hydrogen-bond acceptors (Lipinski definition) is 2. The Morgan fingerprint density at radius 2 is 1.62 bits per heavy atom. The van der Waals surface area contributed by atoms with Gasteiger partial charge in [-0.25, -0.2) is 4.79 Å². The second kappa shape index (κ2) is 7.76. The SMILES string of the molecule is C#CC(Cc1ccccc1)NC(=O)OCc1ccccc1. The van der Waals surface area contributed by atoms with Crippen molar-refractivity contribution in [3.63, 3.8) is 0 Å². The van der Waals surface area contributed by atoms with Crippen molar-refractivity contribution in [3.8, 4) is 12.3 Å². The van der Waals surface area contributed by atoms with Crippen LogP contribution in [0.2, 0.25) is 0 Å². The van der Waals surface area contributed by atoms with E-state index in [0.29, 0.717) is 6.42 Å². The topological polar surface area (TPSA) is 38.3 Å². The molecule has 2 aromatic carbocycles.